The molecule has 2 aromatic heterocycles. The number of nitrogens with zero attached hydrogens (tertiary/aromatic N) is 2. The van der Waals surface area contributed by atoms with Crippen LogP contribution in [0.2, 0.25) is 0 Å². The monoisotopic (exact) mass is 303 g/mol. The Bertz CT molecular complexity index is 582. The summed E-state index contributed by atoms with van der Waals surface area (Å²) in [4.78, 5) is 20.2. The van der Waals surface area contributed by atoms with E-state index in [1.165, 1.54) is 11.3 Å². The zero-order valence-electron chi connectivity index (χ0n) is 11.5. The van der Waals surface area contributed by atoms with Crippen molar-refractivity contribution >= 4 is 17.2 Å². The van der Waals surface area contributed by atoms with E-state index in [0.717, 1.165) is 24.8 Å². The summed E-state index contributed by atoms with van der Waals surface area (Å²) in [6.45, 7) is 0. The average Bonchev–Trinajstić information content (AvgIpc) is 2.98. The molecule has 0 aliphatic heterocycles. The minimum atomic E-state index is -0.230. The minimum Gasteiger partial charge on any atom is -0.393 e. The highest BCUT2D eigenvalue weighted by atomic mass is 32.1. The van der Waals surface area contributed by atoms with Gasteiger partial charge in [-0.2, -0.15) is 0 Å². The van der Waals surface area contributed by atoms with Gasteiger partial charge in [0.1, 0.15) is 5.69 Å². The average molecular weight is 303 g/mol. The van der Waals surface area contributed by atoms with E-state index in [2.05, 4.69) is 15.3 Å². The maximum atomic E-state index is 12.2. The molecule has 1 fully saturated rings. The van der Waals surface area contributed by atoms with E-state index in [-0.39, 0.29) is 18.1 Å². The number of rotatable bonds is 5. The number of thiazole rings is 1. The molecule has 1 aliphatic carbocycles. The molecule has 1 unspecified atom stereocenters. The molecule has 0 spiro atoms. The Morgan fingerprint density at radius 2 is 2.19 bits per heavy atom. The summed E-state index contributed by atoms with van der Waals surface area (Å²) in [6.07, 6.45) is 5.51. The highest BCUT2D eigenvalue weighted by Crippen LogP contribution is 2.31. The molecule has 0 bridgehead atoms. The van der Waals surface area contributed by atoms with E-state index in [1.54, 1.807) is 23.3 Å². The molecular weight excluding hydrogens is 286 g/mol. The first-order valence-electron chi connectivity index (χ1n) is 6.98. The van der Waals surface area contributed by atoms with Crippen molar-refractivity contribution in [2.75, 3.05) is 0 Å². The maximum Gasteiger partial charge on any atom is 0.270 e. The SMILES string of the molecule is O=C(NC(Cc1ccncc1)C1CC(O)C1)c1cscn1. The second-order valence-electron chi connectivity index (χ2n) is 5.40. The molecule has 1 aliphatic rings. The van der Waals surface area contributed by atoms with Crippen molar-refractivity contribution in [2.45, 2.75) is 31.4 Å². The third kappa shape index (κ3) is 3.46. The van der Waals surface area contributed by atoms with Crippen LogP contribution in [0.15, 0.2) is 35.4 Å². The lowest BCUT2D eigenvalue weighted by atomic mass is 9.75. The van der Waals surface area contributed by atoms with E-state index in [0.29, 0.717) is 11.6 Å². The van der Waals surface area contributed by atoms with E-state index in [1.807, 2.05) is 12.1 Å². The van der Waals surface area contributed by atoms with Crippen LogP contribution >= 0.6 is 11.3 Å². The van der Waals surface area contributed by atoms with Crippen molar-refractivity contribution in [1.82, 2.24) is 15.3 Å². The van der Waals surface area contributed by atoms with E-state index < -0.39 is 0 Å². The van der Waals surface area contributed by atoms with Crippen LogP contribution in [-0.2, 0) is 6.42 Å². The quantitative estimate of drug-likeness (QED) is 0.880. The Labute approximate surface area is 127 Å². The Morgan fingerprint density at radius 1 is 1.43 bits per heavy atom. The van der Waals surface area contributed by atoms with E-state index >= 15 is 0 Å². The van der Waals surface area contributed by atoms with Gasteiger partial charge in [-0.05, 0) is 42.9 Å². The number of hydrogen-bond donors (Lipinski definition) is 2. The lowest BCUT2D eigenvalue weighted by molar-refractivity contribution is 0.0239. The summed E-state index contributed by atoms with van der Waals surface area (Å²) in [5, 5.41) is 14.3. The van der Waals surface area contributed by atoms with Crippen molar-refractivity contribution in [3.8, 4) is 0 Å². The molecule has 1 atom stereocenters. The third-order valence-corrected chi connectivity index (χ3v) is 4.49. The van der Waals surface area contributed by atoms with Crippen LogP contribution in [0.4, 0.5) is 0 Å². The molecule has 2 heterocycles. The molecule has 0 radical (unpaired) electrons. The van der Waals surface area contributed by atoms with E-state index in [9.17, 15) is 9.90 Å². The molecule has 1 saturated carbocycles. The molecule has 21 heavy (non-hydrogen) atoms. The zero-order valence-corrected chi connectivity index (χ0v) is 12.3. The highest BCUT2D eigenvalue weighted by molar-refractivity contribution is 7.07. The molecule has 2 aromatic rings. The van der Waals surface area contributed by atoms with Crippen LogP contribution in [0.5, 0.6) is 0 Å². The molecule has 0 aromatic carbocycles. The number of carbonyl (C=O) groups is 1. The first-order valence-corrected chi connectivity index (χ1v) is 7.92. The fourth-order valence-electron chi connectivity index (χ4n) is 2.63. The van der Waals surface area contributed by atoms with Crippen molar-refractivity contribution in [2.24, 2.45) is 5.92 Å². The van der Waals surface area contributed by atoms with Crippen molar-refractivity contribution in [1.29, 1.82) is 0 Å². The van der Waals surface area contributed by atoms with Gasteiger partial charge in [-0.1, -0.05) is 0 Å². The zero-order chi connectivity index (χ0) is 14.7. The van der Waals surface area contributed by atoms with Gasteiger partial charge in [0, 0.05) is 23.8 Å². The normalized spacial score (nSPS) is 22.3. The Morgan fingerprint density at radius 3 is 2.81 bits per heavy atom. The second kappa shape index (κ2) is 6.32. The molecule has 6 heteroatoms. The highest BCUT2D eigenvalue weighted by Gasteiger charge is 2.35. The van der Waals surface area contributed by atoms with Crippen LogP contribution < -0.4 is 5.32 Å². The topological polar surface area (TPSA) is 75.1 Å². The van der Waals surface area contributed by atoms with Gasteiger partial charge < -0.3 is 10.4 Å². The predicted molar refractivity (Wildman–Crippen MR) is 80.0 cm³/mol. The second-order valence-corrected chi connectivity index (χ2v) is 6.12. The number of hydrogen-bond acceptors (Lipinski definition) is 5. The standard InChI is InChI=1S/C15H17N3O2S/c19-12-6-11(7-12)13(5-10-1-3-16-4-2-10)18-15(20)14-8-21-9-17-14/h1-4,8-9,11-13,19H,5-7H2,(H,18,20). The Balaban J connectivity index is 1.69. The molecule has 1 amide bonds. The van der Waals surface area contributed by atoms with Crippen LogP contribution in [0, 0.1) is 5.92 Å². The number of aromatic nitrogens is 2. The fraction of sp³-hybridized carbons (Fsp3) is 0.400. The first-order chi connectivity index (χ1) is 10.2. The Hall–Kier alpha value is -1.79. The number of aliphatic hydroxyl groups is 1. The first kappa shape index (κ1) is 14.2. The summed E-state index contributed by atoms with van der Waals surface area (Å²) in [5.74, 6) is 0.174. The molecular formula is C15H17N3O2S. The van der Waals surface area contributed by atoms with Gasteiger partial charge in [-0.25, -0.2) is 4.98 Å². The van der Waals surface area contributed by atoms with Gasteiger partial charge in [0.25, 0.3) is 5.91 Å². The Kier molecular flexibility index (Phi) is 4.26. The smallest absolute Gasteiger partial charge is 0.270 e. The minimum absolute atomic E-state index is 0.0185. The molecule has 0 saturated heterocycles. The lowest BCUT2D eigenvalue weighted by Crippen LogP contribution is -2.48. The number of carbonyl (C=O) groups excluding carboxylic acids is 1. The van der Waals surface area contributed by atoms with Crippen LogP contribution in [0.3, 0.4) is 0 Å². The van der Waals surface area contributed by atoms with Gasteiger partial charge in [-0.3, -0.25) is 9.78 Å². The van der Waals surface area contributed by atoms with Gasteiger partial charge in [-0.15, -0.1) is 11.3 Å². The summed E-state index contributed by atoms with van der Waals surface area (Å²) >= 11 is 1.41. The van der Waals surface area contributed by atoms with Gasteiger partial charge in [0.2, 0.25) is 0 Å². The van der Waals surface area contributed by atoms with Crippen LogP contribution in [-0.4, -0.2) is 33.1 Å². The lowest BCUT2D eigenvalue weighted by Gasteiger charge is -2.38. The molecule has 3 rings (SSSR count). The number of amides is 1. The molecule has 5 nitrogen and oxygen atoms in total. The van der Waals surface area contributed by atoms with Crippen LogP contribution in [0.1, 0.15) is 28.9 Å². The number of nitrogens with one attached hydrogen (secondary N) is 1. The predicted octanol–water partition coefficient (Wildman–Crippen LogP) is 1.65. The summed E-state index contributed by atoms with van der Waals surface area (Å²) in [6, 6.07) is 3.93. The van der Waals surface area contributed by atoms with Crippen molar-refractivity contribution in [3.05, 3.63) is 46.7 Å². The number of pyridine rings is 1. The summed E-state index contributed by atoms with van der Waals surface area (Å²) in [7, 11) is 0. The largest absolute Gasteiger partial charge is 0.393 e. The maximum absolute atomic E-state index is 12.2. The molecule has 110 valence electrons. The van der Waals surface area contributed by atoms with Gasteiger partial charge in [0.15, 0.2) is 0 Å². The number of aliphatic hydroxyl groups excluding tert-OH is 1. The van der Waals surface area contributed by atoms with Crippen LogP contribution in [0.25, 0.3) is 0 Å². The van der Waals surface area contributed by atoms with Gasteiger partial charge in [0.05, 0.1) is 11.6 Å². The fourth-order valence-corrected chi connectivity index (χ4v) is 3.17. The van der Waals surface area contributed by atoms with E-state index in [4.69, 9.17) is 0 Å². The molecule has 2 N–H and O–H groups in total. The van der Waals surface area contributed by atoms with Crippen molar-refractivity contribution in [3.63, 3.8) is 0 Å². The summed E-state index contributed by atoms with van der Waals surface area (Å²) < 4.78 is 0. The van der Waals surface area contributed by atoms with Gasteiger partial charge >= 0.3 is 0 Å². The van der Waals surface area contributed by atoms with Crippen molar-refractivity contribution < 1.29 is 9.90 Å². The third-order valence-electron chi connectivity index (χ3n) is 3.91. The summed E-state index contributed by atoms with van der Waals surface area (Å²) in [5.41, 5.74) is 3.24.